The molecule has 0 spiro atoms. The Morgan fingerprint density at radius 3 is 2.81 bits per heavy atom. The maximum Gasteiger partial charge on any atom is 0.251 e. The summed E-state index contributed by atoms with van der Waals surface area (Å²) < 4.78 is 10.6. The third-order valence-electron chi connectivity index (χ3n) is 2.17. The van der Waals surface area contributed by atoms with Crippen molar-refractivity contribution in [3.63, 3.8) is 0 Å². The number of alkyl halides is 1. The normalized spacial score (nSPS) is 10.4. The van der Waals surface area contributed by atoms with Gasteiger partial charge in [0.05, 0.1) is 12.7 Å². The van der Waals surface area contributed by atoms with E-state index >= 15 is 0 Å². The average molecular weight is 239 g/mol. The average Bonchev–Trinajstić information content (AvgIpc) is 2.77. The van der Waals surface area contributed by atoms with E-state index in [1.807, 2.05) is 25.1 Å². The van der Waals surface area contributed by atoms with Crippen molar-refractivity contribution in [2.75, 3.05) is 7.11 Å². The van der Waals surface area contributed by atoms with Crippen LogP contribution in [0.2, 0.25) is 0 Å². The van der Waals surface area contributed by atoms with Crippen LogP contribution in [0.15, 0.2) is 22.6 Å². The molecule has 0 N–H and O–H groups in total. The molecular weight excluding hydrogens is 228 g/mol. The minimum absolute atomic E-state index is 0.209. The summed E-state index contributed by atoms with van der Waals surface area (Å²) in [6.45, 7) is 1.99. The van der Waals surface area contributed by atoms with Crippen molar-refractivity contribution in [1.29, 1.82) is 0 Å². The molecule has 2 rings (SSSR count). The molecule has 0 aliphatic heterocycles. The fourth-order valence-corrected chi connectivity index (χ4v) is 1.51. The number of benzene rings is 1. The molecule has 1 heterocycles. The van der Waals surface area contributed by atoms with Gasteiger partial charge in [0.25, 0.3) is 5.89 Å². The van der Waals surface area contributed by atoms with Crippen molar-refractivity contribution in [2.45, 2.75) is 12.8 Å². The van der Waals surface area contributed by atoms with Gasteiger partial charge < -0.3 is 9.15 Å². The van der Waals surface area contributed by atoms with E-state index in [1.165, 1.54) is 0 Å². The molecule has 0 radical (unpaired) electrons. The summed E-state index contributed by atoms with van der Waals surface area (Å²) in [5.74, 6) is 1.74. The summed E-state index contributed by atoms with van der Waals surface area (Å²) in [5.41, 5.74) is 1.88. The maximum atomic E-state index is 5.61. The Kier molecular flexibility index (Phi) is 3.10. The van der Waals surface area contributed by atoms with E-state index in [4.69, 9.17) is 20.8 Å². The van der Waals surface area contributed by atoms with E-state index < -0.39 is 0 Å². The molecule has 0 bridgehead atoms. The van der Waals surface area contributed by atoms with Crippen LogP contribution < -0.4 is 4.74 Å². The lowest BCUT2D eigenvalue weighted by Gasteiger charge is -2.05. The summed E-state index contributed by atoms with van der Waals surface area (Å²) >= 11 is 5.61. The highest BCUT2D eigenvalue weighted by molar-refractivity contribution is 6.16. The van der Waals surface area contributed by atoms with Crippen molar-refractivity contribution < 1.29 is 9.15 Å². The van der Waals surface area contributed by atoms with Crippen LogP contribution in [0.25, 0.3) is 11.5 Å². The lowest BCUT2D eigenvalue weighted by molar-refractivity contribution is 0.413. The number of aryl methyl sites for hydroxylation is 1. The quantitative estimate of drug-likeness (QED) is 0.772. The first kappa shape index (κ1) is 11.0. The van der Waals surface area contributed by atoms with E-state index in [2.05, 4.69) is 10.2 Å². The molecule has 0 saturated heterocycles. The second-order valence-corrected chi connectivity index (χ2v) is 3.61. The van der Waals surface area contributed by atoms with Crippen LogP contribution in [0, 0.1) is 6.92 Å². The molecule has 0 fully saturated rings. The van der Waals surface area contributed by atoms with Crippen LogP contribution in [0.4, 0.5) is 0 Å². The maximum absolute atomic E-state index is 5.61. The summed E-state index contributed by atoms with van der Waals surface area (Å²) in [6, 6.07) is 5.76. The summed E-state index contributed by atoms with van der Waals surface area (Å²) in [5, 5.41) is 7.74. The predicted octanol–water partition coefficient (Wildman–Crippen LogP) is 2.79. The topological polar surface area (TPSA) is 48.2 Å². The smallest absolute Gasteiger partial charge is 0.251 e. The molecule has 16 heavy (non-hydrogen) atoms. The Bertz CT molecular complexity index is 496. The van der Waals surface area contributed by atoms with E-state index in [1.54, 1.807) is 7.11 Å². The number of hydrogen-bond donors (Lipinski definition) is 0. The highest BCUT2D eigenvalue weighted by atomic mass is 35.5. The number of methoxy groups -OCH3 is 1. The molecule has 2 aromatic rings. The van der Waals surface area contributed by atoms with Crippen LogP contribution in [-0.2, 0) is 5.88 Å². The number of rotatable bonds is 3. The highest BCUT2D eigenvalue weighted by Gasteiger charge is 2.13. The fourth-order valence-electron chi connectivity index (χ4n) is 1.41. The zero-order valence-electron chi connectivity index (χ0n) is 9.03. The minimum atomic E-state index is 0.209. The van der Waals surface area contributed by atoms with Crippen LogP contribution in [0.3, 0.4) is 0 Å². The Labute approximate surface area is 98.2 Å². The molecular formula is C11H11ClN2O2. The number of ether oxygens (including phenoxy) is 1. The Balaban J connectivity index is 2.49. The van der Waals surface area contributed by atoms with Crippen molar-refractivity contribution in [1.82, 2.24) is 10.2 Å². The minimum Gasteiger partial charge on any atom is -0.496 e. The highest BCUT2D eigenvalue weighted by Crippen LogP contribution is 2.29. The summed E-state index contributed by atoms with van der Waals surface area (Å²) in [4.78, 5) is 0. The van der Waals surface area contributed by atoms with Crippen LogP contribution in [0.1, 0.15) is 11.5 Å². The first-order valence-corrected chi connectivity index (χ1v) is 5.31. The second kappa shape index (κ2) is 4.53. The first-order chi connectivity index (χ1) is 7.74. The molecule has 0 unspecified atom stereocenters. The van der Waals surface area contributed by atoms with Gasteiger partial charge in [-0.05, 0) is 19.1 Å². The van der Waals surface area contributed by atoms with Gasteiger partial charge in [-0.1, -0.05) is 11.6 Å². The van der Waals surface area contributed by atoms with Gasteiger partial charge >= 0.3 is 0 Å². The van der Waals surface area contributed by atoms with Crippen molar-refractivity contribution >= 4 is 11.6 Å². The fraction of sp³-hybridized carbons (Fsp3) is 0.273. The molecule has 0 atom stereocenters. The second-order valence-electron chi connectivity index (χ2n) is 3.34. The molecule has 5 heteroatoms. The molecule has 4 nitrogen and oxygen atoms in total. The first-order valence-electron chi connectivity index (χ1n) is 4.78. The van der Waals surface area contributed by atoms with Crippen LogP contribution in [0.5, 0.6) is 5.75 Å². The third-order valence-corrected chi connectivity index (χ3v) is 2.40. The van der Waals surface area contributed by atoms with Gasteiger partial charge in [0.2, 0.25) is 5.89 Å². The number of hydrogen-bond acceptors (Lipinski definition) is 4. The molecule has 1 aromatic heterocycles. The monoisotopic (exact) mass is 238 g/mol. The zero-order valence-corrected chi connectivity index (χ0v) is 9.78. The van der Waals surface area contributed by atoms with Gasteiger partial charge in [-0.15, -0.1) is 21.8 Å². The SMILES string of the molecule is COc1ccc(C)cc1-c1nnc(CCl)o1. The van der Waals surface area contributed by atoms with Crippen LogP contribution >= 0.6 is 11.6 Å². The van der Waals surface area contributed by atoms with Gasteiger partial charge in [-0.3, -0.25) is 0 Å². The Morgan fingerprint density at radius 2 is 2.19 bits per heavy atom. The summed E-state index contributed by atoms with van der Waals surface area (Å²) in [7, 11) is 1.60. The van der Waals surface area contributed by atoms with Crippen molar-refractivity contribution in [3.05, 3.63) is 29.7 Å². The lowest BCUT2D eigenvalue weighted by Crippen LogP contribution is -1.88. The van der Waals surface area contributed by atoms with E-state index in [9.17, 15) is 0 Å². The Morgan fingerprint density at radius 1 is 1.38 bits per heavy atom. The largest absolute Gasteiger partial charge is 0.496 e. The van der Waals surface area contributed by atoms with Gasteiger partial charge in [0.1, 0.15) is 11.6 Å². The summed E-state index contributed by atoms with van der Waals surface area (Å²) in [6.07, 6.45) is 0. The molecule has 0 amide bonds. The third kappa shape index (κ3) is 2.02. The number of aromatic nitrogens is 2. The lowest BCUT2D eigenvalue weighted by atomic mass is 10.1. The van der Waals surface area contributed by atoms with Gasteiger partial charge in [-0.25, -0.2) is 0 Å². The zero-order chi connectivity index (χ0) is 11.5. The van der Waals surface area contributed by atoms with E-state index in [-0.39, 0.29) is 5.88 Å². The molecule has 0 saturated carbocycles. The molecule has 1 aromatic carbocycles. The standard InChI is InChI=1S/C11H11ClN2O2/c1-7-3-4-9(15-2)8(5-7)11-14-13-10(6-12)16-11/h3-5H,6H2,1-2H3. The van der Waals surface area contributed by atoms with Gasteiger partial charge in [0.15, 0.2) is 0 Å². The van der Waals surface area contributed by atoms with Gasteiger partial charge in [-0.2, -0.15) is 0 Å². The van der Waals surface area contributed by atoms with Crippen molar-refractivity contribution in [3.8, 4) is 17.2 Å². The molecule has 0 aliphatic carbocycles. The van der Waals surface area contributed by atoms with Gasteiger partial charge in [0, 0.05) is 0 Å². The number of halogens is 1. The Hall–Kier alpha value is -1.55. The predicted molar refractivity (Wildman–Crippen MR) is 60.6 cm³/mol. The van der Waals surface area contributed by atoms with Crippen molar-refractivity contribution in [2.24, 2.45) is 0 Å². The van der Waals surface area contributed by atoms with Crippen LogP contribution in [-0.4, -0.2) is 17.3 Å². The molecule has 0 aliphatic rings. The number of nitrogens with zero attached hydrogens (tertiary/aromatic N) is 2. The molecule has 84 valence electrons. The van der Waals surface area contributed by atoms with E-state index in [0.29, 0.717) is 17.5 Å². The van der Waals surface area contributed by atoms with E-state index in [0.717, 1.165) is 11.1 Å².